The van der Waals surface area contributed by atoms with Gasteiger partial charge in [-0.1, -0.05) is 79.7 Å². The zero-order valence-corrected chi connectivity index (χ0v) is 16.4. The second kappa shape index (κ2) is 8.84. The van der Waals surface area contributed by atoms with Crippen LogP contribution in [0, 0.1) is 5.92 Å². The van der Waals surface area contributed by atoms with E-state index in [1.807, 2.05) is 24.3 Å². The minimum absolute atomic E-state index is 0.161. The first-order valence-electron chi connectivity index (χ1n) is 9.96. The Kier molecular flexibility index (Phi) is 5.82. The lowest BCUT2D eigenvalue weighted by atomic mass is 9.81. The molecule has 3 unspecified atom stereocenters. The van der Waals surface area contributed by atoms with Crippen molar-refractivity contribution < 1.29 is 5.11 Å². The van der Waals surface area contributed by atoms with Crippen LogP contribution in [-0.4, -0.2) is 17.0 Å². The normalized spacial score (nSPS) is 23.5. The standard InChI is InChI=1S/C25H25N3O/c1-18-22(28-26-17-21-14-8-9-15-24(21)29)16-23(19-10-4-2-5-11-19)27-25(18)20-12-6-3-7-13-20/h2-15,17-18,23,25,27,29H,16H2,1H3/b26-17+,28-22+. The van der Waals surface area contributed by atoms with Crippen molar-refractivity contribution in [3.05, 3.63) is 102 Å². The second-order valence-corrected chi connectivity index (χ2v) is 7.41. The van der Waals surface area contributed by atoms with Crippen LogP contribution in [0.3, 0.4) is 0 Å². The van der Waals surface area contributed by atoms with E-state index >= 15 is 0 Å². The van der Waals surface area contributed by atoms with E-state index in [-0.39, 0.29) is 23.8 Å². The molecule has 1 aliphatic rings. The van der Waals surface area contributed by atoms with Crippen LogP contribution in [-0.2, 0) is 0 Å². The molecule has 0 bridgehead atoms. The van der Waals surface area contributed by atoms with Crippen LogP contribution in [0.4, 0.5) is 0 Å². The molecule has 0 amide bonds. The van der Waals surface area contributed by atoms with Gasteiger partial charge in [0.05, 0.1) is 6.21 Å². The van der Waals surface area contributed by atoms with Crippen molar-refractivity contribution in [3.8, 4) is 5.75 Å². The first kappa shape index (κ1) is 19.1. The maximum atomic E-state index is 9.93. The summed E-state index contributed by atoms with van der Waals surface area (Å²) in [4.78, 5) is 0. The van der Waals surface area contributed by atoms with Gasteiger partial charge >= 0.3 is 0 Å². The van der Waals surface area contributed by atoms with Gasteiger partial charge in [-0.2, -0.15) is 10.2 Å². The third-order valence-corrected chi connectivity index (χ3v) is 5.50. The molecule has 2 N–H and O–H groups in total. The number of benzene rings is 3. The number of nitrogens with one attached hydrogen (secondary N) is 1. The Balaban J connectivity index is 1.65. The molecule has 3 atom stereocenters. The Morgan fingerprint density at radius 1 is 0.862 bits per heavy atom. The van der Waals surface area contributed by atoms with Gasteiger partial charge in [-0.05, 0) is 23.3 Å². The number of hydrogen-bond acceptors (Lipinski definition) is 4. The van der Waals surface area contributed by atoms with E-state index in [1.54, 1.807) is 18.3 Å². The molecular formula is C25H25N3O. The van der Waals surface area contributed by atoms with Gasteiger partial charge in [-0.25, -0.2) is 0 Å². The lowest BCUT2D eigenvalue weighted by molar-refractivity contribution is 0.364. The fraction of sp³-hybridized carbons (Fsp3) is 0.200. The number of nitrogens with zero attached hydrogens (tertiary/aromatic N) is 2. The number of para-hydroxylation sites is 1. The minimum atomic E-state index is 0.161. The molecule has 1 heterocycles. The van der Waals surface area contributed by atoms with Crippen LogP contribution >= 0.6 is 0 Å². The van der Waals surface area contributed by atoms with Gasteiger partial charge in [-0.3, -0.25) is 0 Å². The van der Waals surface area contributed by atoms with E-state index in [0.29, 0.717) is 5.56 Å². The average molecular weight is 383 g/mol. The molecule has 3 aromatic carbocycles. The minimum Gasteiger partial charge on any atom is -0.507 e. The maximum absolute atomic E-state index is 9.93. The number of rotatable bonds is 4. The zero-order chi connectivity index (χ0) is 20.1. The third-order valence-electron chi connectivity index (χ3n) is 5.50. The molecule has 29 heavy (non-hydrogen) atoms. The Morgan fingerprint density at radius 3 is 2.17 bits per heavy atom. The van der Waals surface area contributed by atoms with E-state index in [1.165, 1.54) is 11.1 Å². The molecule has 4 nitrogen and oxygen atoms in total. The van der Waals surface area contributed by atoms with Crippen LogP contribution in [0.1, 0.15) is 42.1 Å². The molecular weight excluding hydrogens is 358 g/mol. The van der Waals surface area contributed by atoms with Gasteiger partial charge in [0.1, 0.15) is 5.75 Å². The quantitative estimate of drug-likeness (QED) is 0.476. The highest BCUT2D eigenvalue weighted by atomic mass is 16.3. The number of piperidine rings is 1. The highest BCUT2D eigenvalue weighted by Gasteiger charge is 2.33. The van der Waals surface area contributed by atoms with Crippen molar-refractivity contribution in [1.29, 1.82) is 0 Å². The molecule has 4 rings (SSSR count). The Bertz CT molecular complexity index is 999. The summed E-state index contributed by atoms with van der Waals surface area (Å²) in [6.45, 7) is 2.19. The average Bonchev–Trinajstić information content (AvgIpc) is 2.77. The smallest absolute Gasteiger partial charge is 0.124 e. The van der Waals surface area contributed by atoms with Gasteiger partial charge in [0.2, 0.25) is 0 Å². The predicted molar refractivity (Wildman–Crippen MR) is 118 cm³/mol. The molecule has 1 saturated heterocycles. The zero-order valence-electron chi connectivity index (χ0n) is 16.4. The molecule has 0 saturated carbocycles. The van der Waals surface area contributed by atoms with E-state index in [4.69, 9.17) is 0 Å². The number of phenolic OH excluding ortho intramolecular Hbond substituents is 1. The van der Waals surface area contributed by atoms with Crippen LogP contribution in [0.15, 0.2) is 95.1 Å². The predicted octanol–water partition coefficient (Wildman–Crippen LogP) is 5.28. The van der Waals surface area contributed by atoms with Crippen LogP contribution < -0.4 is 5.32 Å². The summed E-state index contributed by atoms with van der Waals surface area (Å²) < 4.78 is 0. The number of phenols is 1. The Hall–Kier alpha value is -3.24. The molecule has 146 valence electrons. The highest BCUT2D eigenvalue weighted by Crippen LogP contribution is 2.35. The van der Waals surface area contributed by atoms with Crippen molar-refractivity contribution in [2.24, 2.45) is 16.1 Å². The highest BCUT2D eigenvalue weighted by molar-refractivity contribution is 5.90. The van der Waals surface area contributed by atoms with Gasteiger partial charge in [0, 0.05) is 35.7 Å². The van der Waals surface area contributed by atoms with Crippen LogP contribution in [0.25, 0.3) is 0 Å². The summed E-state index contributed by atoms with van der Waals surface area (Å²) in [6.07, 6.45) is 2.42. The summed E-state index contributed by atoms with van der Waals surface area (Å²) in [6, 6.07) is 28.5. The molecule has 0 aromatic heterocycles. The second-order valence-electron chi connectivity index (χ2n) is 7.41. The summed E-state index contributed by atoms with van der Waals surface area (Å²) in [5.41, 5.74) is 4.21. The Labute approximate surface area is 171 Å². The molecule has 3 aromatic rings. The number of hydrogen-bond donors (Lipinski definition) is 2. The van der Waals surface area contributed by atoms with E-state index < -0.39 is 0 Å². The van der Waals surface area contributed by atoms with Gasteiger partial charge in [0.25, 0.3) is 0 Å². The molecule has 1 aliphatic heterocycles. The fourth-order valence-electron chi connectivity index (χ4n) is 3.85. The summed E-state index contributed by atoms with van der Waals surface area (Å²) >= 11 is 0. The number of aromatic hydroxyl groups is 1. The largest absolute Gasteiger partial charge is 0.507 e. The summed E-state index contributed by atoms with van der Waals surface area (Å²) in [5.74, 6) is 0.415. The van der Waals surface area contributed by atoms with Crippen molar-refractivity contribution >= 4 is 11.9 Å². The lowest BCUT2D eigenvalue weighted by Crippen LogP contribution is -2.41. The molecule has 0 aliphatic carbocycles. The van der Waals surface area contributed by atoms with Crippen molar-refractivity contribution in [1.82, 2.24) is 5.32 Å². The molecule has 4 heteroatoms. The van der Waals surface area contributed by atoms with Crippen molar-refractivity contribution in [2.75, 3.05) is 0 Å². The van der Waals surface area contributed by atoms with Gasteiger partial charge in [0.15, 0.2) is 0 Å². The maximum Gasteiger partial charge on any atom is 0.124 e. The topological polar surface area (TPSA) is 57.0 Å². The third kappa shape index (κ3) is 4.44. The van der Waals surface area contributed by atoms with E-state index in [9.17, 15) is 5.11 Å². The van der Waals surface area contributed by atoms with E-state index in [2.05, 4.69) is 71.0 Å². The summed E-state index contributed by atoms with van der Waals surface area (Å²) in [7, 11) is 0. The molecule has 1 fully saturated rings. The summed E-state index contributed by atoms with van der Waals surface area (Å²) in [5, 5.41) is 22.6. The molecule has 0 radical (unpaired) electrons. The Morgan fingerprint density at radius 2 is 1.48 bits per heavy atom. The monoisotopic (exact) mass is 383 g/mol. The van der Waals surface area contributed by atoms with Gasteiger partial charge < -0.3 is 10.4 Å². The van der Waals surface area contributed by atoms with Crippen LogP contribution in [0.5, 0.6) is 5.75 Å². The van der Waals surface area contributed by atoms with Crippen LogP contribution in [0.2, 0.25) is 0 Å². The fourth-order valence-corrected chi connectivity index (χ4v) is 3.85. The SMILES string of the molecule is CC1/C(=N/N=C/c2ccccc2O)CC(c2ccccc2)NC1c1ccccc1. The lowest BCUT2D eigenvalue weighted by Gasteiger charge is -2.37. The van der Waals surface area contributed by atoms with Gasteiger partial charge in [-0.15, -0.1) is 0 Å². The first-order chi connectivity index (χ1) is 14.2. The van der Waals surface area contributed by atoms with Crippen molar-refractivity contribution in [2.45, 2.75) is 25.4 Å². The first-order valence-corrected chi connectivity index (χ1v) is 9.96. The molecule has 0 spiro atoms. The van der Waals surface area contributed by atoms with E-state index in [0.717, 1.165) is 12.1 Å². The van der Waals surface area contributed by atoms with Crippen molar-refractivity contribution in [3.63, 3.8) is 0 Å².